The molecule has 3 nitrogen and oxygen atoms in total. The van der Waals surface area contributed by atoms with Gasteiger partial charge in [-0.25, -0.2) is 8.78 Å². The molecule has 0 aromatic heterocycles. The van der Waals surface area contributed by atoms with Crippen LogP contribution in [0.1, 0.15) is 43.5 Å². The lowest BCUT2D eigenvalue weighted by atomic mass is 10.1. The van der Waals surface area contributed by atoms with E-state index in [-0.39, 0.29) is 17.3 Å². The summed E-state index contributed by atoms with van der Waals surface area (Å²) in [6, 6.07) is 1.68. The van der Waals surface area contributed by atoms with Crippen molar-refractivity contribution >= 4 is 11.6 Å². The Hall–Kier alpha value is -1.65. The van der Waals surface area contributed by atoms with Gasteiger partial charge in [0.05, 0.1) is 11.3 Å². The number of hydrogen-bond acceptors (Lipinski definition) is 2. The molecule has 5 heteroatoms. The fraction of sp³-hybridized carbons (Fsp3) is 0.462. The summed E-state index contributed by atoms with van der Waals surface area (Å²) >= 11 is 0. The highest BCUT2D eigenvalue weighted by atomic mass is 19.1. The van der Waals surface area contributed by atoms with Gasteiger partial charge in [0.2, 0.25) is 0 Å². The molecule has 0 aliphatic rings. The van der Waals surface area contributed by atoms with Crippen LogP contribution in [0.25, 0.3) is 0 Å². The lowest BCUT2D eigenvalue weighted by Gasteiger charge is -2.16. The average molecular weight is 256 g/mol. The van der Waals surface area contributed by atoms with Crippen LogP contribution < -0.4 is 11.1 Å². The SMILES string of the molecule is CCCC(CC)NC(=O)c1cc(F)cc(N)c1F. The van der Waals surface area contributed by atoms with E-state index >= 15 is 0 Å². The fourth-order valence-corrected chi connectivity index (χ4v) is 1.77. The molecular formula is C13H18F2N2O. The zero-order chi connectivity index (χ0) is 13.7. The van der Waals surface area contributed by atoms with Crippen molar-refractivity contribution in [2.45, 2.75) is 39.2 Å². The van der Waals surface area contributed by atoms with Crippen molar-refractivity contribution in [2.24, 2.45) is 0 Å². The lowest BCUT2D eigenvalue weighted by molar-refractivity contribution is 0.0929. The van der Waals surface area contributed by atoms with E-state index in [0.29, 0.717) is 0 Å². The summed E-state index contributed by atoms with van der Waals surface area (Å²) in [7, 11) is 0. The smallest absolute Gasteiger partial charge is 0.254 e. The Morgan fingerprint density at radius 3 is 2.61 bits per heavy atom. The summed E-state index contributed by atoms with van der Waals surface area (Å²) in [5.41, 5.74) is 4.58. The number of anilines is 1. The third-order valence-electron chi connectivity index (χ3n) is 2.78. The Balaban J connectivity index is 2.90. The van der Waals surface area contributed by atoms with Gasteiger partial charge in [0.25, 0.3) is 5.91 Å². The van der Waals surface area contributed by atoms with Gasteiger partial charge in [-0.05, 0) is 25.0 Å². The van der Waals surface area contributed by atoms with Gasteiger partial charge in [0.15, 0.2) is 5.82 Å². The van der Waals surface area contributed by atoms with Crippen molar-refractivity contribution in [1.82, 2.24) is 5.32 Å². The molecule has 0 bridgehead atoms. The molecule has 3 N–H and O–H groups in total. The van der Waals surface area contributed by atoms with Gasteiger partial charge in [0, 0.05) is 6.04 Å². The first-order valence-electron chi connectivity index (χ1n) is 6.04. The minimum absolute atomic E-state index is 0.0357. The van der Waals surface area contributed by atoms with E-state index in [1.807, 2.05) is 13.8 Å². The quantitative estimate of drug-likeness (QED) is 0.796. The molecule has 0 spiro atoms. The Kier molecular flexibility index (Phi) is 5.07. The third-order valence-corrected chi connectivity index (χ3v) is 2.78. The van der Waals surface area contributed by atoms with Crippen LogP contribution in [0, 0.1) is 11.6 Å². The molecule has 0 aliphatic carbocycles. The highest BCUT2D eigenvalue weighted by Gasteiger charge is 2.18. The zero-order valence-corrected chi connectivity index (χ0v) is 10.6. The summed E-state index contributed by atoms with van der Waals surface area (Å²) in [5.74, 6) is -2.22. The first kappa shape index (κ1) is 14.4. The summed E-state index contributed by atoms with van der Waals surface area (Å²) in [6.07, 6.45) is 2.45. The molecule has 1 atom stereocenters. The predicted octanol–water partition coefficient (Wildman–Crippen LogP) is 2.86. The van der Waals surface area contributed by atoms with E-state index in [4.69, 9.17) is 5.73 Å². The molecule has 1 aromatic carbocycles. The van der Waals surface area contributed by atoms with Crippen LogP contribution in [-0.4, -0.2) is 11.9 Å². The molecule has 0 saturated carbocycles. The van der Waals surface area contributed by atoms with Crippen LogP contribution in [0.15, 0.2) is 12.1 Å². The molecule has 18 heavy (non-hydrogen) atoms. The number of carbonyl (C=O) groups excluding carboxylic acids is 1. The average Bonchev–Trinajstić information content (AvgIpc) is 2.32. The topological polar surface area (TPSA) is 55.1 Å². The Bertz CT molecular complexity index is 435. The second-order valence-electron chi connectivity index (χ2n) is 4.22. The van der Waals surface area contributed by atoms with Crippen LogP contribution in [0.4, 0.5) is 14.5 Å². The van der Waals surface area contributed by atoms with Crippen molar-refractivity contribution in [3.63, 3.8) is 0 Å². The maximum atomic E-state index is 13.6. The summed E-state index contributed by atoms with van der Waals surface area (Å²) < 4.78 is 26.7. The maximum Gasteiger partial charge on any atom is 0.254 e. The van der Waals surface area contributed by atoms with E-state index in [9.17, 15) is 13.6 Å². The van der Waals surface area contributed by atoms with Gasteiger partial charge in [-0.2, -0.15) is 0 Å². The minimum atomic E-state index is -0.875. The van der Waals surface area contributed by atoms with Crippen molar-refractivity contribution in [1.29, 1.82) is 0 Å². The molecule has 0 aliphatic heterocycles. The number of nitrogens with one attached hydrogen (secondary N) is 1. The van der Waals surface area contributed by atoms with Gasteiger partial charge in [-0.1, -0.05) is 20.3 Å². The molecule has 0 fully saturated rings. The van der Waals surface area contributed by atoms with Gasteiger partial charge in [0.1, 0.15) is 5.82 Å². The number of rotatable bonds is 5. The molecule has 0 saturated heterocycles. The Morgan fingerprint density at radius 1 is 1.39 bits per heavy atom. The summed E-state index contributed by atoms with van der Waals surface area (Å²) in [5, 5.41) is 2.68. The number of nitrogens with two attached hydrogens (primary N) is 1. The van der Waals surface area contributed by atoms with Crippen molar-refractivity contribution in [2.75, 3.05) is 5.73 Å². The van der Waals surface area contributed by atoms with Crippen LogP contribution in [-0.2, 0) is 0 Å². The largest absolute Gasteiger partial charge is 0.396 e. The number of hydrogen-bond donors (Lipinski definition) is 2. The minimum Gasteiger partial charge on any atom is -0.396 e. The number of nitrogen functional groups attached to an aromatic ring is 1. The number of amides is 1. The summed E-state index contributed by atoms with van der Waals surface area (Å²) in [6.45, 7) is 3.92. The van der Waals surface area contributed by atoms with E-state index in [0.717, 1.165) is 31.4 Å². The molecule has 0 radical (unpaired) electrons. The molecule has 1 aromatic rings. The van der Waals surface area contributed by atoms with Crippen molar-refractivity contribution in [3.05, 3.63) is 29.3 Å². The number of benzene rings is 1. The molecule has 1 unspecified atom stereocenters. The maximum absolute atomic E-state index is 13.6. The highest BCUT2D eigenvalue weighted by molar-refractivity contribution is 5.95. The molecule has 1 rings (SSSR count). The molecular weight excluding hydrogens is 238 g/mol. The Morgan fingerprint density at radius 2 is 2.06 bits per heavy atom. The van der Waals surface area contributed by atoms with E-state index in [2.05, 4.69) is 5.32 Å². The first-order chi connectivity index (χ1) is 8.49. The molecule has 1 amide bonds. The number of carbonyl (C=O) groups is 1. The second kappa shape index (κ2) is 6.33. The van der Waals surface area contributed by atoms with Gasteiger partial charge < -0.3 is 11.1 Å². The first-order valence-corrected chi connectivity index (χ1v) is 6.04. The normalized spacial score (nSPS) is 12.2. The second-order valence-corrected chi connectivity index (χ2v) is 4.22. The van der Waals surface area contributed by atoms with Crippen LogP contribution in [0.3, 0.4) is 0 Å². The van der Waals surface area contributed by atoms with Crippen LogP contribution >= 0.6 is 0 Å². The van der Waals surface area contributed by atoms with Gasteiger partial charge in [-0.3, -0.25) is 4.79 Å². The van der Waals surface area contributed by atoms with E-state index < -0.39 is 17.5 Å². The standard InChI is InChI=1S/C13H18F2N2O/c1-3-5-9(4-2)17-13(18)10-6-8(14)7-11(16)12(10)15/h6-7,9H,3-5,16H2,1-2H3,(H,17,18). The van der Waals surface area contributed by atoms with Crippen molar-refractivity contribution < 1.29 is 13.6 Å². The Labute approximate surface area is 105 Å². The van der Waals surface area contributed by atoms with E-state index in [1.165, 1.54) is 0 Å². The van der Waals surface area contributed by atoms with Crippen molar-refractivity contribution in [3.8, 4) is 0 Å². The monoisotopic (exact) mass is 256 g/mol. The van der Waals surface area contributed by atoms with Gasteiger partial charge in [-0.15, -0.1) is 0 Å². The lowest BCUT2D eigenvalue weighted by Crippen LogP contribution is -2.34. The summed E-state index contributed by atoms with van der Waals surface area (Å²) in [4.78, 5) is 11.8. The zero-order valence-electron chi connectivity index (χ0n) is 10.6. The highest BCUT2D eigenvalue weighted by Crippen LogP contribution is 2.17. The molecule has 0 heterocycles. The fourth-order valence-electron chi connectivity index (χ4n) is 1.77. The molecule has 100 valence electrons. The number of halogens is 2. The van der Waals surface area contributed by atoms with Gasteiger partial charge >= 0.3 is 0 Å². The third kappa shape index (κ3) is 3.42. The predicted molar refractivity (Wildman–Crippen MR) is 67.2 cm³/mol. The van der Waals surface area contributed by atoms with E-state index in [1.54, 1.807) is 0 Å². The van der Waals surface area contributed by atoms with Crippen LogP contribution in [0.2, 0.25) is 0 Å². The van der Waals surface area contributed by atoms with Crippen LogP contribution in [0.5, 0.6) is 0 Å².